The van der Waals surface area contributed by atoms with E-state index in [0.29, 0.717) is 23.4 Å². The van der Waals surface area contributed by atoms with E-state index in [9.17, 15) is 0 Å². The summed E-state index contributed by atoms with van der Waals surface area (Å²) in [5.74, 6) is 1.40. The summed E-state index contributed by atoms with van der Waals surface area (Å²) in [6.45, 7) is 2.19. The Kier molecular flexibility index (Phi) is 1.85. The molecular weight excluding hydrogens is 214 g/mol. The molecule has 2 heterocycles. The second-order valence-corrected chi connectivity index (χ2v) is 4.28. The van der Waals surface area contributed by atoms with E-state index in [2.05, 4.69) is 22.2 Å². The minimum atomic E-state index is 0.250. The van der Waals surface area contributed by atoms with Crippen molar-refractivity contribution in [2.45, 2.75) is 19.4 Å². The normalized spacial score (nSPS) is 24.4. The fourth-order valence-corrected chi connectivity index (χ4v) is 1.81. The van der Waals surface area contributed by atoms with Gasteiger partial charge in [0.05, 0.1) is 6.26 Å². The first-order valence-electron chi connectivity index (χ1n) is 4.91. The van der Waals surface area contributed by atoms with Crippen LogP contribution < -0.4 is 5.32 Å². The Bertz CT molecular complexity index is 510. The second kappa shape index (κ2) is 3.10. The van der Waals surface area contributed by atoms with Crippen LogP contribution in [0.3, 0.4) is 0 Å². The number of furan rings is 1. The molecule has 1 saturated carbocycles. The number of nitrogens with one attached hydrogen (secondary N) is 1. The topological polar surface area (TPSA) is 51.0 Å². The summed E-state index contributed by atoms with van der Waals surface area (Å²) < 4.78 is 5.32. The number of hydrogen-bond donors (Lipinski definition) is 1. The van der Waals surface area contributed by atoms with E-state index in [0.717, 1.165) is 5.52 Å². The zero-order valence-electron chi connectivity index (χ0n) is 8.20. The Balaban J connectivity index is 2.03. The van der Waals surface area contributed by atoms with Crippen molar-refractivity contribution in [3.8, 4) is 0 Å². The molecule has 2 aromatic heterocycles. The molecule has 1 N–H and O–H groups in total. The Hall–Kier alpha value is -1.29. The first-order valence-corrected chi connectivity index (χ1v) is 5.29. The lowest BCUT2D eigenvalue weighted by atomic mass is 10.4. The van der Waals surface area contributed by atoms with Gasteiger partial charge in [-0.2, -0.15) is 4.98 Å². The minimum absolute atomic E-state index is 0.250. The maximum Gasteiger partial charge on any atom is 0.225 e. The number of halogens is 1. The molecule has 0 saturated heterocycles. The highest BCUT2D eigenvalue weighted by atomic mass is 35.5. The van der Waals surface area contributed by atoms with E-state index in [1.807, 2.05) is 0 Å². The van der Waals surface area contributed by atoms with Crippen molar-refractivity contribution in [3.63, 3.8) is 0 Å². The molecule has 78 valence electrons. The van der Waals surface area contributed by atoms with Gasteiger partial charge < -0.3 is 9.73 Å². The highest BCUT2D eigenvalue weighted by Crippen LogP contribution is 2.34. The summed E-state index contributed by atoms with van der Waals surface area (Å²) in [7, 11) is 0. The number of anilines is 1. The smallest absolute Gasteiger partial charge is 0.225 e. The minimum Gasteiger partial charge on any atom is -0.459 e. The molecule has 1 fully saturated rings. The van der Waals surface area contributed by atoms with Crippen LogP contribution in [0, 0.1) is 5.92 Å². The summed E-state index contributed by atoms with van der Waals surface area (Å²) in [6, 6.07) is 2.27. The molecule has 1 aliphatic rings. The van der Waals surface area contributed by atoms with Crippen LogP contribution in [-0.2, 0) is 0 Å². The standard InChI is InChI=1S/C10H10ClN3O/c1-5-4-7(5)12-9-8-6(2-3-15-8)13-10(11)14-9/h2-3,5,7H,4H2,1H3,(H,12,13,14). The van der Waals surface area contributed by atoms with Gasteiger partial charge in [0.1, 0.15) is 5.52 Å². The van der Waals surface area contributed by atoms with Crippen LogP contribution in [0.15, 0.2) is 16.7 Å². The molecule has 15 heavy (non-hydrogen) atoms. The second-order valence-electron chi connectivity index (χ2n) is 3.94. The van der Waals surface area contributed by atoms with Crippen molar-refractivity contribution < 1.29 is 4.42 Å². The van der Waals surface area contributed by atoms with Crippen molar-refractivity contribution in [2.24, 2.45) is 5.92 Å². The van der Waals surface area contributed by atoms with Crippen LogP contribution in [0.2, 0.25) is 5.28 Å². The van der Waals surface area contributed by atoms with E-state index in [-0.39, 0.29) is 5.28 Å². The van der Waals surface area contributed by atoms with Crippen molar-refractivity contribution in [2.75, 3.05) is 5.32 Å². The first kappa shape index (κ1) is 8.97. The molecule has 0 aromatic carbocycles. The lowest BCUT2D eigenvalue weighted by Crippen LogP contribution is -2.06. The van der Waals surface area contributed by atoms with Crippen LogP contribution in [0.25, 0.3) is 11.1 Å². The van der Waals surface area contributed by atoms with Crippen LogP contribution >= 0.6 is 11.6 Å². The average Bonchev–Trinajstić information content (AvgIpc) is 2.71. The van der Waals surface area contributed by atoms with Gasteiger partial charge in [-0.15, -0.1) is 0 Å². The number of nitrogens with zero attached hydrogens (tertiary/aromatic N) is 2. The van der Waals surface area contributed by atoms with E-state index in [1.54, 1.807) is 12.3 Å². The summed E-state index contributed by atoms with van der Waals surface area (Å²) in [6.07, 6.45) is 2.76. The van der Waals surface area contributed by atoms with Crippen LogP contribution in [0.5, 0.6) is 0 Å². The molecule has 3 rings (SSSR count). The third-order valence-corrected chi connectivity index (χ3v) is 2.88. The molecule has 0 radical (unpaired) electrons. The Morgan fingerprint density at radius 2 is 2.33 bits per heavy atom. The third-order valence-electron chi connectivity index (χ3n) is 2.71. The van der Waals surface area contributed by atoms with Crippen molar-refractivity contribution >= 4 is 28.5 Å². The Morgan fingerprint density at radius 3 is 3.07 bits per heavy atom. The molecule has 5 heteroatoms. The van der Waals surface area contributed by atoms with Gasteiger partial charge >= 0.3 is 0 Å². The van der Waals surface area contributed by atoms with Crippen LogP contribution in [0.1, 0.15) is 13.3 Å². The van der Waals surface area contributed by atoms with E-state index >= 15 is 0 Å². The SMILES string of the molecule is CC1CC1Nc1nc(Cl)nc2ccoc12. The fourth-order valence-electron chi connectivity index (χ4n) is 1.63. The lowest BCUT2D eigenvalue weighted by Gasteiger charge is -2.04. The van der Waals surface area contributed by atoms with Crippen LogP contribution in [0.4, 0.5) is 5.82 Å². The largest absolute Gasteiger partial charge is 0.459 e. The average molecular weight is 224 g/mol. The molecular formula is C10H10ClN3O. The van der Waals surface area contributed by atoms with Gasteiger partial charge in [-0.1, -0.05) is 6.92 Å². The number of rotatable bonds is 2. The van der Waals surface area contributed by atoms with Gasteiger partial charge in [-0.05, 0) is 23.9 Å². The zero-order chi connectivity index (χ0) is 10.4. The maximum atomic E-state index is 5.82. The van der Waals surface area contributed by atoms with Crippen molar-refractivity contribution in [1.29, 1.82) is 0 Å². The predicted molar refractivity (Wildman–Crippen MR) is 58.0 cm³/mol. The number of fused-ring (bicyclic) bond motifs is 1. The molecule has 4 nitrogen and oxygen atoms in total. The van der Waals surface area contributed by atoms with Crippen molar-refractivity contribution in [3.05, 3.63) is 17.6 Å². The molecule has 2 atom stereocenters. The zero-order valence-corrected chi connectivity index (χ0v) is 8.95. The Morgan fingerprint density at radius 1 is 1.53 bits per heavy atom. The molecule has 1 aliphatic carbocycles. The van der Waals surface area contributed by atoms with Crippen molar-refractivity contribution in [1.82, 2.24) is 9.97 Å². The molecule has 0 bridgehead atoms. The summed E-state index contributed by atoms with van der Waals surface area (Å²) in [4.78, 5) is 8.20. The third kappa shape index (κ3) is 1.55. The number of aromatic nitrogens is 2. The van der Waals surface area contributed by atoms with Crippen LogP contribution in [-0.4, -0.2) is 16.0 Å². The molecule has 0 amide bonds. The van der Waals surface area contributed by atoms with Gasteiger partial charge in [0.25, 0.3) is 0 Å². The van der Waals surface area contributed by atoms with Gasteiger partial charge in [0.2, 0.25) is 5.28 Å². The Labute approximate surface area is 91.7 Å². The molecule has 0 spiro atoms. The fraction of sp³-hybridized carbons (Fsp3) is 0.400. The summed E-state index contributed by atoms with van der Waals surface area (Å²) in [5, 5.41) is 3.56. The molecule has 0 aliphatic heterocycles. The summed E-state index contributed by atoms with van der Waals surface area (Å²) >= 11 is 5.82. The summed E-state index contributed by atoms with van der Waals surface area (Å²) in [5.41, 5.74) is 1.42. The van der Waals surface area contributed by atoms with E-state index in [4.69, 9.17) is 16.0 Å². The van der Waals surface area contributed by atoms with Gasteiger partial charge in [-0.25, -0.2) is 4.98 Å². The van der Waals surface area contributed by atoms with E-state index < -0.39 is 0 Å². The highest BCUT2D eigenvalue weighted by molar-refractivity contribution is 6.28. The number of hydrogen-bond acceptors (Lipinski definition) is 4. The van der Waals surface area contributed by atoms with Gasteiger partial charge in [-0.3, -0.25) is 0 Å². The lowest BCUT2D eigenvalue weighted by molar-refractivity contribution is 0.614. The van der Waals surface area contributed by atoms with E-state index in [1.165, 1.54) is 6.42 Å². The predicted octanol–water partition coefficient (Wildman–Crippen LogP) is 2.70. The molecule has 2 unspecified atom stereocenters. The maximum absolute atomic E-state index is 5.82. The monoisotopic (exact) mass is 223 g/mol. The molecule has 2 aromatic rings. The van der Waals surface area contributed by atoms with Gasteiger partial charge in [0.15, 0.2) is 11.4 Å². The van der Waals surface area contributed by atoms with Gasteiger partial charge in [0, 0.05) is 12.1 Å². The first-order chi connectivity index (χ1) is 7.24. The quantitative estimate of drug-likeness (QED) is 0.796. The highest BCUT2D eigenvalue weighted by Gasteiger charge is 2.33.